The standard InChI is InChI=1S/C16H33NO/c1-14(2)11-17(15(3)4)12-16(13-18)9-7-5-6-8-10-16/h14-15,18H,5-13H2,1-4H3. The number of hydrogen-bond donors (Lipinski definition) is 1. The van der Waals surface area contributed by atoms with Gasteiger partial charge in [-0.05, 0) is 32.6 Å². The van der Waals surface area contributed by atoms with Crippen molar-refractivity contribution in [3.05, 3.63) is 0 Å². The van der Waals surface area contributed by atoms with Gasteiger partial charge in [-0.2, -0.15) is 0 Å². The number of hydrogen-bond acceptors (Lipinski definition) is 2. The lowest BCUT2D eigenvalue weighted by atomic mass is 9.80. The summed E-state index contributed by atoms with van der Waals surface area (Å²) < 4.78 is 0. The van der Waals surface area contributed by atoms with E-state index in [4.69, 9.17) is 0 Å². The molecule has 1 fully saturated rings. The lowest BCUT2D eigenvalue weighted by Gasteiger charge is -2.39. The number of aliphatic hydroxyl groups is 1. The van der Waals surface area contributed by atoms with Crippen molar-refractivity contribution in [1.29, 1.82) is 0 Å². The van der Waals surface area contributed by atoms with Gasteiger partial charge in [0.15, 0.2) is 0 Å². The molecule has 1 rings (SSSR count). The summed E-state index contributed by atoms with van der Waals surface area (Å²) in [4.78, 5) is 2.58. The summed E-state index contributed by atoms with van der Waals surface area (Å²) in [6.45, 7) is 11.7. The summed E-state index contributed by atoms with van der Waals surface area (Å²) in [5.74, 6) is 0.703. The maximum absolute atomic E-state index is 9.90. The van der Waals surface area contributed by atoms with Crippen LogP contribution in [-0.4, -0.2) is 35.7 Å². The Morgan fingerprint density at radius 2 is 1.56 bits per heavy atom. The molecule has 0 amide bonds. The van der Waals surface area contributed by atoms with E-state index in [0.29, 0.717) is 18.6 Å². The van der Waals surface area contributed by atoms with Crippen LogP contribution in [0.15, 0.2) is 0 Å². The highest BCUT2D eigenvalue weighted by molar-refractivity contribution is 4.85. The third-order valence-electron chi connectivity index (χ3n) is 4.37. The first-order valence-corrected chi connectivity index (χ1v) is 7.84. The molecule has 18 heavy (non-hydrogen) atoms. The van der Waals surface area contributed by atoms with Gasteiger partial charge in [0, 0.05) is 31.2 Å². The SMILES string of the molecule is CC(C)CN(CC1(CO)CCCCCC1)C(C)C. The van der Waals surface area contributed by atoms with Crippen LogP contribution >= 0.6 is 0 Å². The van der Waals surface area contributed by atoms with Crippen molar-refractivity contribution in [3.8, 4) is 0 Å². The molecule has 0 radical (unpaired) electrons. The van der Waals surface area contributed by atoms with Gasteiger partial charge in [-0.3, -0.25) is 0 Å². The molecular weight excluding hydrogens is 222 g/mol. The number of rotatable bonds is 6. The molecule has 0 aliphatic heterocycles. The molecule has 0 spiro atoms. The molecule has 108 valence electrons. The van der Waals surface area contributed by atoms with Gasteiger partial charge in [0.2, 0.25) is 0 Å². The molecule has 2 nitrogen and oxygen atoms in total. The van der Waals surface area contributed by atoms with Crippen LogP contribution in [0, 0.1) is 11.3 Å². The molecule has 0 unspecified atom stereocenters. The number of aliphatic hydroxyl groups excluding tert-OH is 1. The second kappa shape index (κ2) is 7.49. The van der Waals surface area contributed by atoms with Crippen LogP contribution in [0.5, 0.6) is 0 Å². The summed E-state index contributed by atoms with van der Waals surface area (Å²) in [6, 6.07) is 0.582. The average Bonchev–Trinajstić information content (AvgIpc) is 2.54. The maximum Gasteiger partial charge on any atom is 0.0499 e. The zero-order chi connectivity index (χ0) is 13.6. The van der Waals surface area contributed by atoms with E-state index in [9.17, 15) is 5.11 Å². The van der Waals surface area contributed by atoms with Crippen molar-refractivity contribution in [2.75, 3.05) is 19.7 Å². The van der Waals surface area contributed by atoms with Crippen LogP contribution in [0.4, 0.5) is 0 Å². The van der Waals surface area contributed by atoms with E-state index >= 15 is 0 Å². The quantitative estimate of drug-likeness (QED) is 0.732. The highest BCUT2D eigenvalue weighted by Gasteiger charge is 2.33. The fourth-order valence-corrected chi connectivity index (χ4v) is 3.20. The second-order valence-corrected chi connectivity index (χ2v) is 6.99. The molecular formula is C16H33NO. The van der Waals surface area contributed by atoms with Gasteiger partial charge in [0.05, 0.1) is 0 Å². The fraction of sp³-hybridized carbons (Fsp3) is 1.00. The highest BCUT2D eigenvalue weighted by atomic mass is 16.3. The molecule has 0 heterocycles. The smallest absolute Gasteiger partial charge is 0.0499 e. The van der Waals surface area contributed by atoms with Gasteiger partial charge < -0.3 is 10.0 Å². The van der Waals surface area contributed by atoms with Crippen LogP contribution in [0.3, 0.4) is 0 Å². The topological polar surface area (TPSA) is 23.5 Å². The van der Waals surface area contributed by atoms with Gasteiger partial charge in [0.25, 0.3) is 0 Å². The predicted octanol–water partition coefficient (Wildman–Crippen LogP) is 3.69. The average molecular weight is 255 g/mol. The minimum Gasteiger partial charge on any atom is -0.396 e. The monoisotopic (exact) mass is 255 g/mol. The maximum atomic E-state index is 9.90. The molecule has 1 N–H and O–H groups in total. The zero-order valence-corrected chi connectivity index (χ0v) is 12.9. The zero-order valence-electron chi connectivity index (χ0n) is 12.9. The Morgan fingerprint density at radius 1 is 1.00 bits per heavy atom. The van der Waals surface area contributed by atoms with Crippen LogP contribution < -0.4 is 0 Å². The third kappa shape index (κ3) is 4.89. The Bertz CT molecular complexity index is 217. The normalized spacial score (nSPS) is 20.7. The third-order valence-corrected chi connectivity index (χ3v) is 4.37. The van der Waals surface area contributed by atoms with Gasteiger partial charge in [0.1, 0.15) is 0 Å². The van der Waals surface area contributed by atoms with E-state index in [-0.39, 0.29) is 5.41 Å². The minimum absolute atomic E-state index is 0.176. The van der Waals surface area contributed by atoms with Crippen molar-refractivity contribution < 1.29 is 5.11 Å². The van der Waals surface area contributed by atoms with Crippen LogP contribution in [0.1, 0.15) is 66.2 Å². The Labute approximate surface area is 114 Å². The summed E-state index contributed by atoms with van der Waals surface area (Å²) >= 11 is 0. The minimum atomic E-state index is 0.176. The van der Waals surface area contributed by atoms with Crippen molar-refractivity contribution in [2.45, 2.75) is 72.3 Å². The van der Waals surface area contributed by atoms with Crippen molar-refractivity contribution in [3.63, 3.8) is 0 Å². The Kier molecular flexibility index (Phi) is 6.65. The molecule has 0 aromatic heterocycles. The molecule has 0 aromatic carbocycles. The Balaban J connectivity index is 2.67. The van der Waals surface area contributed by atoms with E-state index in [1.807, 2.05) is 0 Å². The molecule has 1 saturated carbocycles. The molecule has 1 aliphatic carbocycles. The molecule has 2 heteroatoms. The second-order valence-electron chi connectivity index (χ2n) is 6.99. The molecule has 0 saturated heterocycles. The van der Waals surface area contributed by atoms with Gasteiger partial charge in [-0.1, -0.05) is 39.5 Å². The van der Waals surface area contributed by atoms with Crippen LogP contribution in [0.2, 0.25) is 0 Å². The molecule has 0 bridgehead atoms. The molecule has 1 aliphatic rings. The van der Waals surface area contributed by atoms with Gasteiger partial charge >= 0.3 is 0 Å². The first kappa shape index (κ1) is 16.0. The van der Waals surface area contributed by atoms with Crippen molar-refractivity contribution >= 4 is 0 Å². The summed E-state index contributed by atoms with van der Waals surface area (Å²) in [6.07, 6.45) is 7.74. The van der Waals surface area contributed by atoms with Crippen LogP contribution in [-0.2, 0) is 0 Å². The van der Waals surface area contributed by atoms with E-state index in [1.165, 1.54) is 38.5 Å². The lowest BCUT2D eigenvalue weighted by molar-refractivity contribution is 0.0421. The largest absolute Gasteiger partial charge is 0.396 e. The first-order chi connectivity index (χ1) is 8.49. The van der Waals surface area contributed by atoms with Crippen molar-refractivity contribution in [2.24, 2.45) is 11.3 Å². The first-order valence-electron chi connectivity index (χ1n) is 7.84. The Morgan fingerprint density at radius 3 is 1.94 bits per heavy atom. The van der Waals surface area contributed by atoms with Crippen molar-refractivity contribution in [1.82, 2.24) is 4.90 Å². The summed E-state index contributed by atoms with van der Waals surface area (Å²) in [5.41, 5.74) is 0.176. The number of nitrogens with zero attached hydrogens (tertiary/aromatic N) is 1. The highest BCUT2D eigenvalue weighted by Crippen LogP contribution is 2.36. The summed E-state index contributed by atoms with van der Waals surface area (Å²) in [5, 5.41) is 9.90. The van der Waals surface area contributed by atoms with E-state index in [2.05, 4.69) is 32.6 Å². The lowest BCUT2D eigenvalue weighted by Crippen LogP contribution is -2.44. The van der Waals surface area contributed by atoms with E-state index < -0.39 is 0 Å². The van der Waals surface area contributed by atoms with E-state index in [0.717, 1.165) is 13.1 Å². The molecule has 0 atom stereocenters. The van der Waals surface area contributed by atoms with E-state index in [1.54, 1.807) is 0 Å². The summed E-state index contributed by atoms with van der Waals surface area (Å²) in [7, 11) is 0. The van der Waals surface area contributed by atoms with Gasteiger partial charge in [-0.25, -0.2) is 0 Å². The molecule has 0 aromatic rings. The Hall–Kier alpha value is -0.0800. The van der Waals surface area contributed by atoms with Gasteiger partial charge in [-0.15, -0.1) is 0 Å². The fourth-order valence-electron chi connectivity index (χ4n) is 3.20. The van der Waals surface area contributed by atoms with Crippen LogP contribution in [0.25, 0.3) is 0 Å². The predicted molar refractivity (Wildman–Crippen MR) is 78.8 cm³/mol.